The van der Waals surface area contributed by atoms with Gasteiger partial charge in [0.1, 0.15) is 11.6 Å². The summed E-state index contributed by atoms with van der Waals surface area (Å²) in [6, 6.07) is 11.3. The average molecular weight is 298 g/mol. The first-order valence-electron chi connectivity index (χ1n) is 7.28. The maximum atomic E-state index is 11.1. The number of hydrogen-bond acceptors (Lipinski definition) is 4. The van der Waals surface area contributed by atoms with Gasteiger partial charge in [0.25, 0.3) is 0 Å². The molecule has 1 aliphatic heterocycles. The molecule has 2 aromatic rings. The Bertz CT molecular complexity index is 700. The maximum absolute atomic E-state index is 11.1. The third-order valence-electron chi connectivity index (χ3n) is 3.99. The van der Waals surface area contributed by atoms with E-state index in [0.717, 1.165) is 37.5 Å². The van der Waals surface area contributed by atoms with Crippen molar-refractivity contribution in [3.05, 3.63) is 53.2 Å². The first-order chi connectivity index (χ1) is 10.7. The molecule has 1 N–H and O–H groups in total. The number of methoxy groups -OCH3 is 1. The van der Waals surface area contributed by atoms with Gasteiger partial charge in [0.2, 0.25) is 0 Å². The molecule has 1 aromatic heterocycles. The Morgan fingerprint density at radius 2 is 1.95 bits per heavy atom. The lowest BCUT2D eigenvalue weighted by atomic mass is 10.0. The number of fused-ring (bicyclic) bond motifs is 1. The highest BCUT2D eigenvalue weighted by atomic mass is 16.5. The molecule has 0 saturated carbocycles. The molecule has 3 rings (SSSR count). The molecule has 5 heteroatoms. The Hall–Kier alpha value is -2.56. The fourth-order valence-electron chi connectivity index (χ4n) is 2.78. The predicted octanol–water partition coefficient (Wildman–Crippen LogP) is 2.39. The second-order valence-electron chi connectivity index (χ2n) is 5.31. The Kier molecular flexibility index (Phi) is 3.96. The molecule has 1 aromatic carbocycles. The van der Waals surface area contributed by atoms with Gasteiger partial charge in [-0.05, 0) is 48.2 Å². The van der Waals surface area contributed by atoms with Crippen molar-refractivity contribution in [3.8, 4) is 5.75 Å². The van der Waals surface area contributed by atoms with Gasteiger partial charge < -0.3 is 14.7 Å². The summed E-state index contributed by atoms with van der Waals surface area (Å²) >= 11 is 0. The third-order valence-corrected chi connectivity index (χ3v) is 3.99. The van der Waals surface area contributed by atoms with Crippen LogP contribution in [0.4, 0.5) is 5.82 Å². The van der Waals surface area contributed by atoms with Crippen LogP contribution in [-0.2, 0) is 12.8 Å². The smallest absolute Gasteiger partial charge is 0.354 e. The highest BCUT2D eigenvalue weighted by Gasteiger charge is 2.17. The Balaban J connectivity index is 1.82. The summed E-state index contributed by atoms with van der Waals surface area (Å²) in [6.07, 6.45) is 1.81. The van der Waals surface area contributed by atoms with Crippen LogP contribution in [0.1, 0.15) is 21.6 Å². The van der Waals surface area contributed by atoms with Crippen molar-refractivity contribution in [1.82, 2.24) is 4.98 Å². The van der Waals surface area contributed by atoms with E-state index in [1.54, 1.807) is 13.2 Å². The van der Waals surface area contributed by atoms with Crippen LogP contribution in [0.5, 0.6) is 5.75 Å². The molecular weight excluding hydrogens is 280 g/mol. The van der Waals surface area contributed by atoms with Gasteiger partial charge in [0.15, 0.2) is 5.69 Å². The van der Waals surface area contributed by atoms with E-state index in [9.17, 15) is 4.79 Å². The van der Waals surface area contributed by atoms with Crippen LogP contribution in [-0.4, -0.2) is 36.3 Å². The topological polar surface area (TPSA) is 62.7 Å². The standard InChI is InChI=1S/C17H18N2O3/c1-22-14-6-5-12-7-9-19(10-8-13(12)11-14)16-4-2-3-15(18-16)17(20)21/h2-6,11H,7-10H2,1H3,(H,20,21). The monoisotopic (exact) mass is 298 g/mol. The minimum Gasteiger partial charge on any atom is -0.497 e. The van der Waals surface area contributed by atoms with Gasteiger partial charge in [-0.25, -0.2) is 9.78 Å². The number of benzene rings is 1. The van der Waals surface area contributed by atoms with E-state index in [4.69, 9.17) is 9.84 Å². The molecule has 0 atom stereocenters. The van der Waals surface area contributed by atoms with Gasteiger partial charge in [0.05, 0.1) is 7.11 Å². The SMILES string of the molecule is COc1ccc2c(c1)CCN(c1cccc(C(=O)O)n1)CC2. The molecule has 0 saturated heterocycles. The van der Waals surface area contributed by atoms with Crippen LogP contribution < -0.4 is 9.64 Å². The molecule has 0 radical (unpaired) electrons. The van der Waals surface area contributed by atoms with Crippen molar-refractivity contribution in [2.75, 3.05) is 25.1 Å². The molecule has 2 heterocycles. The van der Waals surface area contributed by atoms with E-state index < -0.39 is 5.97 Å². The number of ether oxygens (including phenoxy) is 1. The lowest BCUT2D eigenvalue weighted by molar-refractivity contribution is 0.0690. The quantitative estimate of drug-likeness (QED) is 0.942. The number of carboxylic acid groups (broad SMARTS) is 1. The summed E-state index contributed by atoms with van der Waals surface area (Å²) in [5.74, 6) is 0.600. The first kappa shape index (κ1) is 14.4. The lowest BCUT2D eigenvalue weighted by Crippen LogP contribution is -2.27. The largest absolute Gasteiger partial charge is 0.497 e. The van der Waals surface area contributed by atoms with E-state index in [1.807, 2.05) is 12.1 Å². The zero-order valence-corrected chi connectivity index (χ0v) is 12.5. The van der Waals surface area contributed by atoms with Crippen molar-refractivity contribution in [3.63, 3.8) is 0 Å². The fraction of sp³-hybridized carbons (Fsp3) is 0.294. The third kappa shape index (κ3) is 2.88. The van der Waals surface area contributed by atoms with Crippen molar-refractivity contribution >= 4 is 11.8 Å². The molecule has 0 bridgehead atoms. The molecule has 0 aliphatic carbocycles. The van der Waals surface area contributed by atoms with Crippen LogP contribution >= 0.6 is 0 Å². The number of anilines is 1. The maximum Gasteiger partial charge on any atom is 0.354 e. The zero-order valence-electron chi connectivity index (χ0n) is 12.5. The number of carboxylic acids is 1. The summed E-state index contributed by atoms with van der Waals surface area (Å²) in [5.41, 5.74) is 2.69. The molecule has 22 heavy (non-hydrogen) atoms. The van der Waals surface area contributed by atoms with Gasteiger partial charge in [-0.3, -0.25) is 0 Å². The molecule has 1 aliphatic rings. The molecule has 0 amide bonds. The van der Waals surface area contributed by atoms with Crippen LogP contribution in [0, 0.1) is 0 Å². The average Bonchev–Trinajstić information content (AvgIpc) is 2.76. The minimum absolute atomic E-state index is 0.0842. The number of aromatic carboxylic acids is 1. The Labute approximate surface area is 129 Å². The van der Waals surface area contributed by atoms with E-state index in [1.165, 1.54) is 17.2 Å². The normalized spacial score (nSPS) is 14.1. The van der Waals surface area contributed by atoms with Crippen LogP contribution in [0.3, 0.4) is 0 Å². The Morgan fingerprint density at radius 1 is 1.18 bits per heavy atom. The van der Waals surface area contributed by atoms with E-state index in [-0.39, 0.29) is 5.69 Å². The number of rotatable bonds is 3. The van der Waals surface area contributed by atoms with Crippen LogP contribution in [0.15, 0.2) is 36.4 Å². The molecular formula is C17H18N2O3. The van der Waals surface area contributed by atoms with Crippen molar-refractivity contribution in [2.24, 2.45) is 0 Å². The van der Waals surface area contributed by atoms with E-state index in [2.05, 4.69) is 22.0 Å². The summed E-state index contributed by atoms with van der Waals surface area (Å²) < 4.78 is 5.28. The van der Waals surface area contributed by atoms with E-state index >= 15 is 0 Å². The van der Waals surface area contributed by atoms with Crippen LogP contribution in [0.2, 0.25) is 0 Å². The van der Waals surface area contributed by atoms with Crippen molar-refractivity contribution in [1.29, 1.82) is 0 Å². The number of carbonyl (C=O) groups is 1. The summed E-state index contributed by atoms with van der Waals surface area (Å²) in [6.45, 7) is 1.64. The second kappa shape index (κ2) is 6.05. The van der Waals surface area contributed by atoms with Gasteiger partial charge >= 0.3 is 5.97 Å². The number of pyridine rings is 1. The fourth-order valence-corrected chi connectivity index (χ4v) is 2.78. The second-order valence-corrected chi connectivity index (χ2v) is 5.31. The van der Waals surface area contributed by atoms with Gasteiger partial charge in [-0.2, -0.15) is 0 Å². The first-order valence-corrected chi connectivity index (χ1v) is 7.28. The lowest BCUT2D eigenvalue weighted by Gasteiger charge is -2.21. The predicted molar refractivity (Wildman–Crippen MR) is 83.8 cm³/mol. The summed E-state index contributed by atoms with van der Waals surface area (Å²) in [4.78, 5) is 17.4. The molecule has 114 valence electrons. The summed E-state index contributed by atoms with van der Waals surface area (Å²) in [5, 5.41) is 9.07. The molecule has 5 nitrogen and oxygen atoms in total. The number of hydrogen-bond donors (Lipinski definition) is 1. The highest BCUT2D eigenvalue weighted by Crippen LogP contribution is 2.23. The molecule has 0 fully saturated rings. The highest BCUT2D eigenvalue weighted by molar-refractivity contribution is 5.85. The minimum atomic E-state index is -0.996. The van der Waals surface area contributed by atoms with Gasteiger partial charge in [0, 0.05) is 13.1 Å². The molecule has 0 spiro atoms. The van der Waals surface area contributed by atoms with Gasteiger partial charge in [-0.15, -0.1) is 0 Å². The van der Waals surface area contributed by atoms with Crippen LogP contribution in [0.25, 0.3) is 0 Å². The summed E-state index contributed by atoms with van der Waals surface area (Å²) in [7, 11) is 1.67. The Morgan fingerprint density at radius 3 is 2.68 bits per heavy atom. The molecule has 0 unspecified atom stereocenters. The van der Waals surface area contributed by atoms with Crippen molar-refractivity contribution in [2.45, 2.75) is 12.8 Å². The zero-order chi connectivity index (χ0) is 15.5. The number of aromatic nitrogens is 1. The van der Waals surface area contributed by atoms with Crippen molar-refractivity contribution < 1.29 is 14.6 Å². The van der Waals surface area contributed by atoms with E-state index in [0.29, 0.717) is 0 Å². The number of nitrogens with zero attached hydrogens (tertiary/aromatic N) is 2. The van der Waals surface area contributed by atoms with Gasteiger partial charge in [-0.1, -0.05) is 12.1 Å².